The Morgan fingerprint density at radius 3 is 2.00 bits per heavy atom. The van der Waals surface area contributed by atoms with Gasteiger partial charge in [0.1, 0.15) is 22.7 Å². The monoisotopic (exact) mass is 752 g/mol. The van der Waals surface area contributed by atoms with Gasteiger partial charge in [0.25, 0.3) is 0 Å². The van der Waals surface area contributed by atoms with Crippen molar-refractivity contribution < 1.29 is 9.15 Å². The zero-order valence-corrected chi connectivity index (χ0v) is 31.8. The van der Waals surface area contributed by atoms with Gasteiger partial charge in [0.15, 0.2) is 0 Å². The molecule has 0 fully saturated rings. The first-order chi connectivity index (χ1) is 28.2. The van der Waals surface area contributed by atoms with E-state index < -0.39 is 0 Å². The summed E-state index contributed by atoms with van der Waals surface area (Å²) in [4.78, 5) is 6.28. The lowest BCUT2D eigenvalue weighted by Crippen LogP contribution is -2.29. The molecule has 8 aromatic rings. The summed E-state index contributed by atoms with van der Waals surface area (Å²) in [6.45, 7) is 0. The van der Waals surface area contributed by atoms with Gasteiger partial charge in [-0.05, 0) is 107 Å². The molecule has 7 aromatic carbocycles. The maximum atomic E-state index is 6.70. The summed E-state index contributed by atoms with van der Waals surface area (Å²) < 4.78 is 13.0. The van der Waals surface area contributed by atoms with Gasteiger partial charge in [0.2, 0.25) is 0 Å². The van der Waals surface area contributed by atoms with Crippen molar-refractivity contribution in [1.82, 2.24) is 0 Å². The fourth-order valence-corrected chi connectivity index (χ4v) is 10.7. The van der Waals surface area contributed by atoms with Crippen LogP contribution in [0.3, 0.4) is 0 Å². The van der Waals surface area contributed by atoms with E-state index in [0.29, 0.717) is 0 Å². The lowest BCUT2D eigenvalue weighted by molar-refractivity contribution is 0.289. The van der Waals surface area contributed by atoms with Gasteiger partial charge in [-0.2, -0.15) is 0 Å². The molecular formula is C52H36N2O2S. The van der Waals surface area contributed by atoms with Crippen LogP contribution in [0.5, 0.6) is 0 Å². The third kappa shape index (κ3) is 5.23. The van der Waals surface area contributed by atoms with Gasteiger partial charge in [-0.15, -0.1) is 11.8 Å². The molecule has 5 heteroatoms. The Labute approximate surface area is 335 Å². The van der Waals surface area contributed by atoms with Gasteiger partial charge in [0, 0.05) is 38.4 Å². The van der Waals surface area contributed by atoms with Crippen molar-refractivity contribution in [3.63, 3.8) is 0 Å². The van der Waals surface area contributed by atoms with Gasteiger partial charge in [-0.25, -0.2) is 0 Å². The van der Waals surface area contributed by atoms with Crippen molar-refractivity contribution in [3.05, 3.63) is 211 Å². The van der Waals surface area contributed by atoms with Crippen LogP contribution in [0, 0.1) is 5.92 Å². The number of nitrogens with zero attached hydrogens (tertiary/aromatic N) is 2. The van der Waals surface area contributed by atoms with Crippen LogP contribution in [0.4, 0.5) is 22.7 Å². The summed E-state index contributed by atoms with van der Waals surface area (Å²) in [5.74, 6) is 2.44. The number of hydrogen-bond donors (Lipinski definition) is 0. The summed E-state index contributed by atoms with van der Waals surface area (Å²) in [6, 6.07) is 61.4. The number of fused-ring (bicyclic) bond motifs is 9. The zero-order chi connectivity index (χ0) is 37.5. The molecule has 0 amide bonds. The van der Waals surface area contributed by atoms with Crippen LogP contribution in [-0.2, 0) is 4.74 Å². The first kappa shape index (κ1) is 32.5. The number of ether oxygens (including phenoxy) is 1. The Morgan fingerprint density at radius 1 is 0.579 bits per heavy atom. The van der Waals surface area contributed by atoms with E-state index in [1.165, 1.54) is 44.1 Å². The molecule has 0 spiro atoms. The van der Waals surface area contributed by atoms with E-state index in [9.17, 15) is 0 Å². The highest BCUT2D eigenvalue weighted by atomic mass is 32.2. The molecule has 1 aliphatic carbocycles. The molecule has 4 heterocycles. The van der Waals surface area contributed by atoms with Crippen molar-refractivity contribution in [2.24, 2.45) is 5.92 Å². The molecular weight excluding hydrogens is 717 g/mol. The molecule has 272 valence electrons. The Bertz CT molecular complexity index is 2940. The third-order valence-corrected chi connectivity index (χ3v) is 13.3. The molecule has 4 aliphatic rings. The molecule has 3 aliphatic heterocycles. The first-order valence-corrected chi connectivity index (χ1v) is 20.5. The summed E-state index contributed by atoms with van der Waals surface area (Å²) in [5, 5.41) is 2.45. The van der Waals surface area contributed by atoms with Crippen molar-refractivity contribution in [1.29, 1.82) is 0 Å². The fraction of sp³-hybridized carbons (Fsp3) is 0.0769. The largest absolute Gasteiger partial charge is 0.462 e. The number of para-hydroxylation sites is 1. The highest BCUT2D eigenvalue weighted by Gasteiger charge is 2.54. The second kappa shape index (κ2) is 12.9. The van der Waals surface area contributed by atoms with Gasteiger partial charge >= 0.3 is 0 Å². The van der Waals surface area contributed by atoms with Crippen LogP contribution in [0.25, 0.3) is 44.2 Å². The quantitative estimate of drug-likeness (QED) is 0.169. The van der Waals surface area contributed by atoms with Gasteiger partial charge in [-0.1, -0.05) is 115 Å². The smallest absolute Gasteiger partial charge is 0.140 e. The zero-order valence-electron chi connectivity index (χ0n) is 31.0. The SMILES string of the molecule is C1=CCC2C(=C1)OC1=C2N(c2ccc(N(c3ccc(-c4ccc(-c5ccccc5)cc4)cc3)c3ccc4oc5ccccc5c4c3)cc2)C2c3ccccc3SC12. The minimum atomic E-state index is 0.191. The average molecular weight is 753 g/mol. The van der Waals surface area contributed by atoms with Crippen molar-refractivity contribution in [3.8, 4) is 22.3 Å². The van der Waals surface area contributed by atoms with E-state index in [2.05, 4.69) is 186 Å². The van der Waals surface area contributed by atoms with Gasteiger partial charge in [-0.3, -0.25) is 0 Å². The predicted molar refractivity (Wildman–Crippen MR) is 234 cm³/mol. The molecule has 0 radical (unpaired) electrons. The lowest BCUT2D eigenvalue weighted by atomic mass is 9.95. The Hall–Kier alpha value is -6.69. The van der Waals surface area contributed by atoms with E-state index in [-0.39, 0.29) is 17.2 Å². The first-order valence-electron chi connectivity index (χ1n) is 19.7. The van der Waals surface area contributed by atoms with Crippen molar-refractivity contribution in [2.75, 3.05) is 9.80 Å². The summed E-state index contributed by atoms with van der Waals surface area (Å²) in [5.41, 5.74) is 13.7. The topological polar surface area (TPSA) is 28.9 Å². The number of rotatable bonds is 6. The number of allylic oxidation sites excluding steroid dienone is 3. The predicted octanol–water partition coefficient (Wildman–Crippen LogP) is 14.1. The number of thioether (sulfide) groups is 1. The summed E-state index contributed by atoms with van der Waals surface area (Å²) in [6.07, 6.45) is 7.51. The summed E-state index contributed by atoms with van der Waals surface area (Å²) in [7, 11) is 0. The third-order valence-electron chi connectivity index (χ3n) is 12.0. The highest BCUT2D eigenvalue weighted by Crippen LogP contribution is 2.62. The molecule has 12 rings (SSSR count). The van der Waals surface area contributed by atoms with Gasteiger partial charge in [0.05, 0.1) is 22.9 Å². The Morgan fingerprint density at radius 2 is 1.21 bits per heavy atom. The maximum absolute atomic E-state index is 6.70. The van der Waals surface area contributed by atoms with Crippen LogP contribution in [0.15, 0.2) is 215 Å². The molecule has 0 bridgehead atoms. The van der Waals surface area contributed by atoms with E-state index >= 15 is 0 Å². The van der Waals surface area contributed by atoms with Gasteiger partial charge < -0.3 is 19.0 Å². The van der Waals surface area contributed by atoms with E-state index in [0.717, 1.165) is 56.9 Å². The van der Waals surface area contributed by atoms with Crippen LogP contribution in [0.1, 0.15) is 18.0 Å². The van der Waals surface area contributed by atoms with Crippen molar-refractivity contribution >= 4 is 56.4 Å². The lowest BCUT2D eigenvalue weighted by Gasteiger charge is -2.33. The highest BCUT2D eigenvalue weighted by molar-refractivity contribution is 8.00. The van der Waals surface area contributed by atoms with Crippen LogP contribution in [0.2, 0.25) is 0 Å². The molecule has 0 N–H and O–H groups in total. The standard InChI is InChI=1S/C52H36N2O2S/c1-2-10-33(11-3-1)34-18-20-35(21-19-34)36-22-24-37(25-23-36)53(40-30-31-47-44(32-40)41-12-4-7-15-45(41)55-47)38-26-28-39(29-27-38)54-49-42-13-5-8-16-46(42)56-51(49)52-50(54)43-14-6-9-17-48(43)57-52/h1-12,14-32,42,50,52H,13H2. The minimum Gasteiger partial charge on any atom is -0.462 e. The number of hydrogen-bond acceptors (Lipinski definition) is 5. The van der Waals surface area contributed by atoms with E-state index in [1.54, 1.807) is 0 Å². The second-order valence-electron chi connectivity index (χ2n) is 15.1. The molecule has 57 heavy (non-hydrogen) atoms. The number of furan rings is 1. The molecule has 3 unspecified atom stereocenters. The fourth-order valence-electron chi connectivity index (χ4n) is 9.27. The Balaban J connectivity index is 0.940. The second-order valence-corrected chi connectivity index (χ2v) is 16.3. The average Bonchev–Trinajstić information content (AvgIpc) is 4.03. The molecule has 0 saturated carbocycles. The summed E-state index contributed by atoms with van der Waals surface area (Å²) >= 11 is 1.94. The maximum Gasteiger partial charge on any atom is 0.140 e. The van der Waals surface area contributed by atoms with Crippen LogP contribution in [-0.4, -0.2) is 5.25 Å². The van der Waals surface area contributed by atoms with Crippen LogP contribution < -0.4 is 9.80 Å². The number of benzene rings is 7. The van der Waals surface area contributed by atoms with E-state index in [1.807, 2.05) is 23.9 Å². The normalized spacial score (nSPS) is 19.0. The molecule has 3 atom stereocenters. The number of anilines is 4. The van der Waals surface area contributed by atoms with Crippen molar-refractivity contribution in [2.45, 2.75) is 22.6 Å². The minimum absolute atomic E-state index is 0.191. The van der Waals surface area contributed by atoms with Crippen LogP contribution >= 0.6 is 11.8 Å². The molecule has 4 nitrogen and oxygen atoms in total. The van der Waals surface area contributed by atoms with E-state index in [4.69, 9.17) is 9.15 Å². The molecule has 0 saturated heterocycles. The molecule has 1 aromatic heterocycles. The Kier molecular flexibility index (Phi) is 7.39.